The molecule has 1 saturated heterocycles. The van der Waals surface area contributed by atoms with E-state index in [1.807, 2.05) is 12.1 Å². The molecule has 0 saturated carbocycles. The lowest BCUT2D eigenvalue weighted by Gasteiger charge is -2.43. The van der Waals surface area contributed by atoms with Crippen molar-refractivity contribution in [1.29, 1.82) is 0 Å². The van der Waals surface area contributed by atoms with Gasteiger partial charge in [-0.15, -0.1) is 0 Å². The first-order chi connectivity index (χ1) is 8.64. The summed E-state index contributed by atoms with van der Waals surface area (Å²) in [6, 6.07) is 7.47. The Balaban J connectivity index is 2.11. The molecule has 4 heteroatoms. The van der Waals surface area contributed by atoms with Crippen molar-refractivity contribution in [3.8, 4) is 5.75 Å². The van der Waals surface area contributed by atoms with Gasteiger partial charge in [0.15, 0.2) is 0 Å². The summed E-state index contributed by atoms with van der Waals surface area (Å²) in [6.45, 7) is 6.95. The van der Waals surface area contributed by atoms with E-state index in [9.17, 15) is 5.11 Å². The van der Waals surface area contributed by atoms with E-state index in [1.54, 1.807) is 6.07 Å². The van der Waals surface area contributed by atoms with E-state index in [1.165, 1.54) is 0 Å². The molecule has 0 aliphatic carbocycles. The van der Waals surface area contributed by atoms with Gasteiger partial charge in [0.25, 0.3) is 0 Å². The molecule has 0 spiro atoms. The van der Waals surface area contributed by atoms with E-state index in [0.29, 0.717) is 12.3 Å². The molecule has 0 radical (unpaired) electrons. The third kappa shape index (κ3) is 3.02. The normalized spacial score (nSPS) is 20.6. The fourth-order valence-corrected chi connectivity index (χ4v) is 2.62. The summed E-state index contributed by atoms with van der Waals surface area (Å²) in [6.07, 6.45) is 0.873. The number of phenols is 1. The SMILES string of the molecule is CC(CN)(Cc1cccc(O)c1)N1CCNCC1. The Morgan fingerprint density at radius 2 is 2.11 bits per heavy atom. The first kappa shape index (κ1) is 13.3. The molecule has 0 aromatic heterocycles. The molecule has 1 fully saturated rings. The topological polar surface area (TPSA) is 61.5 Å². The predicted octanol–water partition coefficient (Wildman–Crippen LogP) is 0.557. The minimum absolute atomic E-state index is 0.0319. The number of rotatable bonds is 4. The van der Waals surface area contributed by atoms with Gasteiger partial charge in [0.2, 0.25) is 0 Å². The summed E-state index contributed by atoms with van der Waals surface area (Å²) in [4.78, 5) is 2.45. The molecule has 18 heavy (non-hydrogen) atoms. The molecular weight excluding hydrogens is 226 g/mol. The van der Waals surface area contributed by atoms with Gasteiger partial charge >= 0.3 is 0 Å². The minimum atomic E-state index is -0.0319. The van der Waals surface area contributed by atoms with Gasteiger partial charge in [-0.25, -0.2) is 0 Å². The summed E-state index contributed by atoms with van der Waals surface area (Å²) < 4.78 is 0. The van der Waals surface area contributed by atoms with Crippen LogP contribution in [0.15, 0.2) is 24.3 Å². The fourth-order valence-electron chi connectivity index (χ4n) is 2.62. The maximum atomic E-state index is 9.54. The standard InChI is InChI=1S/C14H23N3O/c1-14(11-15,17-7-5-16-6-8-17)10-12-3-2-4-13(18)9-12/h2-4,9,16,18H,5-8,10-11,15H2,1H3. The van der Waals surface area contributed by atoms with Crippen molar-refractivity contribution >= 4 is 0 Å². The average molecular weight is 249 g/mol. The zero-order valence-electron chi connectivity index (χ0n) is 11.0. The van der Waals surface area contributed by atoms with E-state index in [0.717, 1.165) is 38.2 Å². The largest absolute Gasteiger partial charge is 0.508 e. The quantitative estimate of drug-likeness (QED) is 0.729. The van der Waals surface area contributed by atoms with Gasteiger partial charge in [0.1, 0.15) is 5.75 Å². The predicted molar refractivity (Wildman–Crippen MR) is 73.7 cm³/mol. The zero-order valence-corrected chi connectivity index (χ0v) is 11.0. The van der Waals surface area contributed by atoms with E-state index in [4.69, 9.17) is 5.73 Å². The minimum Gasteiger partial charge on any atom is -0.508 e. The lowest BCUT2D eigenvalue weighted by molar-refractivity contribution is 0.0946. The van der Waals surface area contributed by atoms with Gasteiger partial charge in [-0.2, -0.15) is 0 Å². The van der Waals surface area contributed by atoms with Crippen LogP contribution in [0.4, 0.5) is 0 Å². The van der Waals surface area contributed by atoms with Crippen LogP contribution in [0.1, 0.15) is 12.5 Å². The zero-order chi connectivity index (χ0) is 13.0. The molecule has 1 aromatic carbocycles. The highest BCUT2D eigenvalue weighted by atomic mass is 16.3. The van der Waals surface area contributed by atoms with E-state index in [-0.39, 0.29) is 5.54 Å². The number of hydrogen-bond acceptors (Lipinski definition) is 4. The maximum absolute atomic E-state index is 9.54. The smallest absolute Gasteiger partial charge is 0.115 e. The molecule has 4 nitrogen and oxygen atoms in total. The Bertz CT molecular complexity index is 390. The van der Waals surface area contributed by atoms with Gasteiger partial charge in [-0.1, -0.05) is 12.1 Å². The Morgan fingerprint density at radius 3 is 2.72 bits per heavy atom. The number of aromatic hydroxyl groups is 1. The second-order valence-corrected chi connectivity index (χ2v) is 5.28. The Hall–Kier alpha value is -1.10. The number of nitrogens with zero attached hydrogens (tertiary/aromatic N) is 1. The van der Waals surface area contributed by atoms with Crippen LogP contribution in [0.2, 0.25) is 0 Å². The van der Waals surface area contributed by atoms with Crippen molar-refractivity contribution in [2.75, 3.05) is 32.7 Å². The highest BCUT2D eigenvalue weighted by Gasteiger charge is 2.31. The highest BCUT2D eigenvalue weighted by molar-refractivity contribution is 5.28. The number of hydrogen-bond donors (Lipinski definition) is 3. The Morgan fingerprint density at radius 1 is 1.39 bits per heavy atom. The summed E-state index contributed by atoms with van der Waals surface area (Å²) >= 11 is 0. The van der Waals surface area contributed by atoms with Crippen LogP contribution >= 0.6 is 0 Å². The summed E-state index contributed by atoms with van der Waals surface area (Å²) in [7, 11) is 0. The number of nitrogens with one attached hydrogen (secondary N) is 1. The molecule has 0 bridgehead atoms. The molecule has 1 unspecified atom stereocenters. The maximum Gasteiger partial charge on any atom is 0.115 e. The molecule has 0 amide bonds. The first-order valence-electron chi connectivity index (χ1n) is 6.58. The third-order valence-corrected chi connectivity index (χ3v) is 3.82. The van der Waals surface area contributed by atoms with E-state index < -0.39 is 0 Å². The van der Waals surface area contributed by atoms with Gasteiger partial charge in [0, 0.05) is 38.3 Å². The molecule has 1 aliphatic rings. The van der Waals surface area contributed by atoms with Crippen LogP contribution in [-0.4, -0.2) is 48.3 Å². The van der Waals surface area contributed by atoms with Crippen LogP contribution in [-0.2, 0) is 6.42 Å². The number of phenolic OH excluding ortho intramolecular Hbond substituents is 1. The Labute approximate surface area is 109 Å². The number of piperazine rings is 1. The van der Waals surface area contributed by atoms with Crippen molar-refractivity contribution in [3.05, 3.63) is 29.8 Å². The number of benzene rings is 1. The second kappa shape index (κ2) is 5.69. The molecular formula is C14H23N3O. The van der Waals surface area contributed by atoms with E-state index in [2.05, 4.69) is 23.2 Å². The lowest BCUT2D eigenvalue weighted by atomic mass is 9.90. The van der Waals surface area contributed by atoms with Crippen molar-refractivity contribution in [2.45, 2.75) is 18.9 Å². The van der Waals surface area contributed by atoms with Crippen LogP contribution in [0, 0.1) is 0 Å². The van der Waals surface area contributed by atoms with Crippen molar-refractivity contribution in [1.82, 2.24) is 10.2 Å². The monoisotopic (exact) mass is 249 g/mol. The van der Waals surface area contributed by atoms with Crippen LogP contribution in [0.5, 0.6) is 5.75 Å². The molecule has 2 rings (SSSR count). The summed E-state index contributed by atoms with van der Waals surface area (Å²) in [5, 5.41) is 12.9. The van der Waals surface area contributed by atoms with Gasteiger partial charge < -0.3 is 16.2 Å². The summed E-state index contributed by atoms with van der Waals surface area (Å²) in [5.41, 5.74) is 7.11. The molecule has 1 heterocycles. The molecule has 100 valence electrons. The molecule has 4 N–H and O–H groups in total. The summed E-state index contributed by atoms with van der Waals surface area (Å²) in [5.74, 6) is 0.326. The first-order valence-corrected chi connectivity index (χ1v) is 6.58. The van der Waals surface area contributed by atoms with Crippen molar-refractivity contribution < 1.29 is 5.11 Å². The van der Waals surface area contributed by atoms with Crippen LogP contribution < -0.4 is 11.1 Å². The van der Waals surface area contributed by atoms with Crippen LogP contribution in [0.25, 0.3) is 0 Å². The van der Waals surface area contributed by atoms with Crippen molar-refractivity contribution in [3.63, 3.8) is 0 Å². The van der Waals surface area contributed by atoms with Gasteiger partial charge in [0.05, 0.1) is 0 Å². The molecule has 1 atom stereocenters. The Kier molecular flexibility index (Phi) is 4.22. The van der Waals surface area contributed by atoms with Gasteiger partial charge in [-0.3, -0.25) is 4.90 Å². The third-order valence-electron chi connectivity index (χ3n) is 3.82. The second-order valence-electron chi connectivity index (χ2n) is 5.28. The van der Waals surface area contributed by atoms with Crippen LogP contribution in [0.3, 0.4) is 0 Å². The lowest BCUT2D eigenvalue weighted by Crippen LogP contribution is -2.59. The average Bonchev–Trinajstić information content (AvgIpc) is 2.39. The van der Waals surface area contributed by atoms with E-state index >= 15 is 0 Å². The number of nitrogens with two attached hydrogens (primary N) is 1. The molecule has 1 aliphatic heterocycles. The molecule has 1 aromatic rings. The highest BCUT2D eigenvalue weighted by Crippen LogP contribution is 2.22. The van der Waals surface area contributed by atoms with Gasteiger partial charge in [-0.05, 0) is 31.0 Å². The van der Waals surface area contributed by atoms with Crippen molar-refractivity contribution in [2.24, 2.45) is 5.73 Å². The fraction of sp³-hybridized carbons (Fsp3) is 0.571.